The number of benzene rings is 1. The Hall–Kier alpha value is -2.43. The lowest BCUT2D eigenvalue weighted by Gasteiger charge is -2.32. The number of halogens is 1. The molecule has 1 aliphatic heterocycles. The van der Waals surface area contributed by atoms with Gasteiger partial charge in [-0.05, 0) is 49.6 Å². The second-order valence-electron chi connectivity index (χ2n) is 7.38. The van der Waals surface area contributed by atoms with Crippen LogP contribution < -0.4 is 15.4 Å². The number of methoxy groups -OCH3 is 1. The molecule has 0 radical (unpaired) electrons. The van der Waals surface area contributed by atoms with Gasteiger partial charge >= 0.3 is 6.09 Å². The largest absolute Gasteiger partial charge is 0.497 e. The van der Waals surface area contributed by atoms with Gasteiger partial charge in [-0.1, -0.05) is 12.1 Å². The highest BCUT2D eigenvalue weighted by molar-refractivity contribution is 14.0. The maximum absolute atomic E-state index is 11.9. The maximum Gasteiger partial charge on any atom is 0.409 e. The van der Waals surface area contributed by atoms with Gasteiger partial charge in [0.05, 0.1) is 26.5 Å². The normalized spacial score (nSPS) is 14.4. The lowest BCUT2D eigenvalue weighted by molar-refractivity contribution is 0.0963. The van der Waals surface area contributed by atoms with Crippen LogP contribution in [0.25, 0.3) is 0 Å². The second kappa shape index (κ2) is 13.9. The minimum absolute atomic E-state index is 0. The number of carbonyl (C=O) groups is 1. The van der Waals surface area contributed by atoms with Crippen molar-refractivity contribution < 1.29 is 18.7 Å². The Balaban J connectivity index is 0.00000363. The van der Waals surface area contributed by atoms with Crippen LogP contribution >= 0.6 is 24.0 Å². The van der Waals surface area contributed by atoms with Crippen molar-refractivity contribution >= 4 is 36.0 Å². The van der Waals surface area contributed by atoms with Crippen molar-refractivity contribution in [1.29, 1.82) is 0 Å². The number of piperidine rings is 1. The fraction of sp³-hybridized carbons (Fsp3) is 0.478. The summed E-state index contributed by atoms with van der Waals surface area (Å²) in [6.45, 7) is 4.82. The maximum atomic E-state index is 11.9. The zero-order valence-corrected chi connectivity index (χ0v) is 21.0. The Morgan fingerprint density at radius 2 is 2.06 bits per heavy atom. The first-order chi connectivity index (χ1) is 15.2. The summed E-state index contributed by atoms with van der Waals surface area (Å²) in [4.78, 5) is 18.5. The molecule has 3 rings (SSSR count). The summed E-state index contributed by atoms with van der Waals surface area (Å²) in [5.41, 5.74) is 1.07. The SMILES string of the molecule is CCOC(=O)N1CCC(NC(=NCc2cccc(OC)c2)NCCc2ccco2)CC1.I. The van der Waals surface area contributed by atoms with E-state index in [4.69, 9.17) is 18.9 Å². The summed E-state index contributed by atoms with van der Waals surface area (Å²) in [6.07, 6.45) is 3.91. The number of nitrogens with zero attached hydrogens (tertiary/aromatic N) is 2. The van der Waals surface area contributed by atoms with E-state index in [1.54, 1.807) is 18.3 Å². The van der Waals surface area contributed by atoms with Gasteiger partial charge in [0.15, 0.2) is 5.96 Å². The Morgan fingerprint density at radius 1 is 1.25 bits per heavy atom. The first-order valence-electron chi connectivity index (χ1n) is 10.8. The third-order valence-corrected chi connectivity index (χ3v) is 5.16. The van der Waals surface area contributed by atoms with Crippen molar-refractivity contribution in [2.75, 3.05) is 33.4 Å². The van der Waals surface area contributed by atoms with Crippen molar-refractivity contribution in [2.45, 2.75) is 38.8 Å². The van der Waals surface area contributed by atoms with E-state index >= 15 is 0 Å². The van der Waals surface area contributed by atoms with Crippen LogP contribution in [0.4, 0.5) is 4.79 Å². The number of rotatable bonds is 8. The topological polar surface area (TPSA) is 88.3 Å². The van der Waals surface area contributed by atoms with Crippen LogP contribution in [0.15, 0.2) is 52.1 Å². The highest BCUT2D eigenvalue weighted by Crippen LogP contribution is 2.14. The van der Waals surface area contributed by atoms with Gasteiger partial charge in [0.2, 0.25) is 0 Å². The summed E-state index contributed by atoms with van der Waals surface area (Å²) in [5.74, 6) is 2.51. The van der Waals surface area contributed by atoms with Gasteiger partial charge in [-0.3, -0.25) is 0 Å². The summed E-state index contributed by atoms with van der Waals surface area (Å²) in [7, 11) is 1.66. The van der Waals surface area contributed by atoms with Gasteiger partial charge in [0.25, 0.3) is 0 Å². The number of amides is 1. The molecule has 0 atom stereocenters. The van der Waals surface area contributed by atoms with Gasteiger partial charge in [-0.15, -0.1) is 24.0 Å². The molecule has 8 nitrogen and oxygen atoms in total. The molecule has 2 heterocycles. The van der Waals surface area contributed by atoms with E-state index in [9.17, 15) is 4.79 Å². The molecule has 1 fully saturated rings. The van der Waals surface area contributed by atoms with E-state index in [1.165, 1.54) is 0 Å². The Kier molecular flexibility index (Phi) is 11.2. The summed E-state index contributed by atoms with van der Waals surface area (Å²) >= 11 is 0. The molecular formula is C23H33IN4O4. The number of furan rings is 1. The van der Waals surface area contributed by atoms with Crippen molar-refractivity contribution in [2.24, 2.45) is 4.99 Å². The Bertz CT molecular complexity index is 836. The number of likely N-dealkylation sites (tertiary alicyclic amines) is 1. The second-order valence-corrected chi connectivity index (χ2v) is 7.38. The molecule has 0 spiro atoms. The molecular weight excluding hydrogens is 523 g/mol. The van der Waals surface area contributed by atoms with Crippen LogP contribution in [0.3, 0.4) is 0 Å². The number of nitrogens with one attached hydrogen (secondary N) is 2. The minimum atomic E-state index is -0.232. The lowest BCUT2D eigenvalue weighted by atomic mass is 10.1. The monoisotopic (exact) mass is 556 g/mol. The summed E-state index contributed by atoms with van der Waals surface area (Å²) in [6, 6.07) is 12.0. The highest BCUT2D eigenvalue weighted by atomic mass is 127. The number of carbonyl (C=O) groups excluding carboxylic acids is 1. The third-order valence-electron chi connectivity index (χ3n) is 5.16. The third kappa shape index (κ3) is 8.25. The van der Waals surface area contributed by atoms with Gasteiger partial charge in [0, 0.05) is 32.1 Å². The van der Waals surface area contributed by atoms with E-state index in [-0.39, 0.29) is 36.1 Å². The molecule has 9 heteroatoms. The molecule has 2 N–H and O–H groups in total. The van der Waals surface area contributed by atoms with E-state index in [0.29, 0.717) is 32.8 Å². The van der Waals surface area contributed by atoms with Crippen LogP contribution in [0.1, 0.15) is 31.1 Å². The molecule has 32 heavy (non-hydrogen) atoms. The quantitative estimate of drug-likeness (QED) is 0.292. The molecule has 176 valence electrons. The van der Waals surface area contributed by atoms with E-state index in [1.807, 2.05) is 43.3 Å². The summed E-state index contributed by atoms with van der Waals surface area (Å²) < 4.78 is 15.8. The molecule has 0 aliphatic carbocycles. The number of ether oxygens (including phenoxy) is 2. The van der Waals surface area contributed by atoms with E-state index < -0.39 is 0 Å². The molecule has 1 amide bonds. The van der Waals surface area contributed by atoms with Crippen molar-refractivity contribution in [1.82, 2.24) is 15.5 Å². The fourth-order valence-corrected chi connectivity index (χ4v) is 3.47. The van der Waals surface area contributed by atoms with Gasteiger partial charge in [-0.25, -0.2) is 9.79 Å². The fourth-order valence-electron chi connectivity index (χ4n) is 3.47. The smallest absolute Gasteiger partial charge is 0.409 e. The minimum Gasteiger partial charge on any atom is -0.497 e. The standard InChI is InChI=1S/C23H32N4O4.HI/c1-3-30-23(28)27-13-10-19(11-14-27)26-22(24-12-9-20-8-5-15-31-20)25-17-18-6-4-7-21(16-18)29-2;/h4-8,15-16,19H,3,9-14,17H2,1-2H3,(H2,24,25,26);1H. The summed E-state index contributed by atoms with van der Waals surface area (Å²) in [5, 5.41) is 6.93. The van der Waals surface area contributed by atoms with E-state index in [2.05, 4.69) is 10.6 Å². The molecule has 1 aromatic carbocycles. The van der Waals surface area contributed by atoms with Gasteiger partial charge < -0.3 is 29.4 Å². The Morgan fingerprint density at radius 3 is 2.75 bits per heavy atom. The van der Waals surface area contributed by atoms with Crippen LogP contribution in [-0.4, -0.2) is 56.3 Å². The zero-order chi connectivity index (χ0) is 21.9. The number of hydrogen-bond donors (Lipinski definition) is 2. The lowest BCUT2D eigenvalue weighted by Crippen LogP contribution is -2.50. The van der Waals surface area contributed by atoms with Crippen LogP contribution in [0, 0.1) is 0 Å². The zero-order valence-electron chi connectivity index (χ0n) is 18.7. The first kappa shape index (κ1) is 25.8. The van der Waals surface area contributed by atoms with Gasteiger partial charge in [0.1, 0.15) is 11.5 Å². The number of guanidine groups is 1. The Labute approximate surface area is 206 Å². The predicted molar refractivity (Wildman–Crippen MR) is 135 cm³/mol. The van der Waals surface area contributed by atoms with Gasteiger partial charge in [-0.2, -0.15) is 0 Å². The van der Waals surface area contributed by atoms with Crippen molar-refractivity contribution in [3.8, 4) is 5.75 Å². The molecule has 0 saturated carbocycles. The molecule has 1 aliphatic rings. The molecule has 2 aromatic rings. The van der Waals surface area contributed by atoms with E-state index in [0.717, 1.165) is 42.3 Å². The van der Waals surface area contributed by atoms with Crippen LogP contribution in [-0.2, 0) is 17.7 Å². The average Bonchev–Trinajstić information content (AvgIpc) is 3.31. The van der Waals surface area contributed by atoms with Crippen LogP contribution in [0.2, 0.25) is 0 Å². The molecule has 1 aromatic heterocycles. The number of hydrogen-bond acceptors (Lipinski definition) is 5. The number of aliphatic imine (C=N–C) groups is 1. The van der Waals surface area contributed by atoms with Crippen molar-refractivity contribution in [3.05, 3.63) is 54.0 Å². The molecule has 0 bridgehead atoms. The van der Waals surface area contributed by atoms with Crippen molar-refractivity contribution in [3.63, 3.8) is 0 Å². The highest BCUT2D eigenvalue weighted by Gasteiger charge is 2.24. The average molecular weight is 556 g/mol. The van der Waals surface area contributed by atoms with Crippen LogP contribution in [0.5, 0.6) is 5.75 Å². The molecule has 0 unspecified atom stereocenters. The predicted octanol–water partition coefficient (Wildman–Crippen LogP) is 3.81. The first-order valence-corrected chi connectivity index (χ1v) is 10.8. The molecule has 1 saturated heterocycles.